The van der Waals surface area contributed by atoms with Crippen LogP contribution in [0, 0.1) is 0 Å². The molecular weight excluding hydrogens is 851 g/mol. The lowest BCUT2D eigenvalue weighted by Gasteiger charge is -2.22. The molecule has 2 atom stereocenters. The van der Waals surface area contributed by atoms with Crippen LogP contribution in [-0.2, 0) is 14.3 Å². The Labute approximate surface area is 431 Å². The molecule has 0 saturated heterocycles. The smallest absolute Gasteiger partial charge is 0.305 e. The average Bonchev–Trinajstić information content (AvgIpc) is 3.35. The molecule has 410 valence electrons. The molecule has 0 aliphatic rings. The third-order valence-corrected chi connectivity index (χ3v) is 14.8. The highest BCUT2D eigenvalue weighted by molar-refractivity contribution is 5.76. The number of hydrogen-bond donors (Lipinski definition) is 3. The van der Waals surface area contributed by atoms with Crippen LogP contribution in [0.15, 0.2) is 12.2 Å². The van der Waals surface area contributed by atoms with Gasteiger partial charge in [-0.1, -0.05) is 302 Å². The van der Waals surface area contributed by atoms with Crippen LogP contribution in [-0.4, -0.2) is 47.4 Å². The molecule has 0 bridgehead atoms. The molecule has 6 nitrogen and oxygen atoms in total. The Morgan fingerprint density at radius 1 is 0.391 bits per heavy atom. The molecule has 0 saturated carbocycles. The number of unbranched alkanes of at least 4 members (excludes halogenated alkanes) is 46. The van der Waals surface area contributed by atoms with Gasteiger partial charge in [-0.2, -0.15) is 0 Å². The monoisotopic (exact) mass is 974 g/mol. The number of amides is 1. The van der Waals surface area contributed by atoms with Gasteiger partial charge in [0.15, 0.2) is 0 Å². The van der Waals surface area contributed by atoms with Gasteiger partial charge in [0.25, 0.3) is 0 Å². The number of allylic oxidation sites excluding steroid dienone is 2. The van der Waals surface area contributed by atoms with E-state index in [2.05, 4.69) is 31.3 Å². The van der Waals surface area contributed by atoms with E-state index in [1.54, 1.807) is 0 Å². The van der Waals surface area contributed by atoms with Crippen LogP contribution in [0.1, 0.15) is 354 Å². The topological polar surface area (TPSA) is 95.9 Å². The van der Waals surface area contributed by atoms with Crippen LogP contribution in [0.3, 0.4) is 0 Å². The number of rotatable bonds is 59. The molecule has 0 aliphatic carbocycles. The Balaban J connectivity index is 3.42. The molecule has 3 N–H and O–H groups in total. The average molecular weight is 975 g/mol. The van der Waals surface area contributed by atoms with Crippen LogP contribution in [0.25, 0.3) is 0 Å². The number of nitrogens with one attached hydrogen (secondary N) is 1. The molecular formula is C63H123NO5. The summed E-state index contributed by atoms with van der Waals surface area (Å²) in [6.07, 6.45) is 70.7. The molecule has 0 aromatic carbocycles. The lowest BCUT2D eigenvalue weighted by molar-refractivity contribution is -0.143. The summed E-state index contributed by atoms with van der Waals surface area (Å²) in [4.78, 5) is 24.6. The summed E-state index contributed by atoms with van der Waals surface area (Å²) in [7, 11) is 0. The Morgan fingerprint density at radius 2 is 0.681 bits per heavy atom. The number of hydrogen-bond acceptors (Lipinski definition) is 5. The van der Waals surface area contributed by atoms with E-state index in [0.717, 1.165) is 51.4 Å². The third-order valence-electron chi connectivity index (χ3n) is 14.8. The first-order valence-electron chi connectivity index (χ1n) is 31.4. The Kier molecular flexibility index (Phi) is 58.0. The second kappa shape index (κ2) is 59.2. The molecule has 6 heteroatoms. The predicted molar refractivity (Wildman–Crippen MR) is 301 cm³/mol. The minimum Gasteiger partial charge on any atom is -0.466 e. The van der Waals surface area contributed by atoms with Crippen molar-refractivity contribution in [1.82, 2.24) is 5.32 Å². The van der Waals surface area contributed by atoms with Crippen molar-refractivity contribution in [3.63, 3.8) is 0 Å². The second-order valence-electron chi connectivity index (χ2n) is 21.7. The fraction of sp³-hybridized carbons (Fsp3) is 0.937. The summed E-state index contributed by atoms with van der Waals surface area (Å²) in [6, 6.07) is -0.550. The van der Waals surface area contributed by atoms with E-state index in [9.17, 15) is 19.8 Å². The largest absolute Gasteiger partial charge is 0.466 e. The molecule has 2 unspecified atom stereocenters. The minimum atomic E-state index is -0.672. The van der Waals surface area contributed by atoms with Gasteiger partial charge < -0.3 is 20.3 Å². The van der Waals surface area contributed by atoms with Crippen LogP contribution < -0.4 is 5.32 Å². The second-order valence-corrected chi connectivity index (χ2v) is 21.7. The number of ether oxygens (including phenoxy) is 1. The standard InChI is InChI=1S/C63H123NO5/c1-3-5-7-9-11-13-15-17-19-21-23-24-25-27-31-35-39-43-47-51-55-61(66)60(59-65)64-62(67)56-52-48-44-40-36-32-29-30-34-38-42-46-50-54-58-69-63(68)57-53-49-45-41-37-33-28-26-22-20-18-16-14-12-10-8-6-4-2/h20,22,60-61,65-66H,3-19,21,23-59H2,1-2H3,(H,64,67)/b22-20-. The van der Waals surface area contributed by atoms with E-state index in [-0.39, 0.29) is 18.5 Å². The molecule has 0 fully saturated rings. The molecule has 0 aromatic heterocycles. The van der Waals surface area contributed by atoms with Crippen molar-refractivity contribution in [3.05, 3.63) is 12.2 Å². The fourth-order valence-corrected chi connectivity index (χ4v) is 9.99. The molecule has 69 heavy (non-hydrogen) atoms. The van der Waals surface area contributed by atoms with E-state index >= 15 is 0 Å². The molecule has 1 amide bonds. The van der Waals surface area contributed by atoms with Crippen molar-refractivity contribution in [1.29, 1.82) is 0 Å². The van der Waals surface area contributed by atoms with Crippen molar-refractivity contribution in [2.24, 2.45) is 0 Å². The number of aliphatic hydroxyl groups excluding tert-OH is 2. The summed E-state index contributed by atoms with van der Waals surface area (Å²) in [5, 5.41) is 23.4. The lowest BCUT2D eigenvalue weighted by atomic mass is 10.0. The number of aliphatic hydroxyl groups is 2. The van der Waals surface area contributed by atoms with Crippen LogP contribution in [0.2, 0.25) is 0 Å². The number of carbonyl (C=O) groups excluding carboxylic acids is 2. The van der Waals surface area contributed by atoms with Crippen LogP contribution in [0.5, 0.6) is 0 Å². The molecule has 0 rings (SSSR count). The van der Waals surface area contributed by atoms with Gasteiger partial charge in [-0.05, 0) is 51.4 Å². The fourth-order valence-electron chi connectivity index (χ4n) is 9.99. The zero-order valence-corrected chi connectivity index (χ0v) is 46.8. The van der Waals surface area contributed by atoms with Crippen LogP contribution in [0.4, 0.5) is 0 Å². The molecule has 0 aliphatic heterocycles. The summed E-state index contributed by atoms with van der Waals surface area (Å²) in [6.45, 7) is 4.96. The Bertz CT molecular complexity index is 1030. The summed E-state index contributed by atoms with van der Waals surface area (Å²) in [5.41, 5.74) is 0. The van der Waals surface area contributed by atoms with E-state index in [4.69, 9.17) is 4.74 Å². The SMILES string of the molecule is CCCCCCCCC/C=C\CCCCCCCCCC(=O)OCCCCCCCCCCCCCCCCC(=O)NC(CO)C(O)CCCCCCCCCCCCCCCCCCCCCC. The normalized spacial score (nSPS) is 12.6. The van der Waals surface area contributed by atoms with E-state index in [0.29, 0.717) is 25.9 Å². The van der Waals surface area contributed by atoms with Gasteiger partial charge in [-0.3, -0.25) is 9.59 Å². The van der Waals surface area contributed by atoms with Crippen molar-refractivity contribution in [2.45, 2.75) is 366 Å². The molecule has 0 aromatic rings. The van der Waals surface area contributed by atoms with Gasteiger partial charge in [-0.15, -0.1) is 0 Å². The van der Waals surface area contributed by atoms with Gasteiger partial charge in [0.1, 0.15) is 0 Å². The van der Waals surface area contributed by atoms with Gasteiger partial charge in [0.2, 0.25) is 5.91 Å². The highest BCUT2D eigenvalue weighted by Gasteiger charge is 2.20. The highest BCUT2D eigenvalue weighted by atomic mass is 16.5. The molecule has 0 heterocycles. The van der Waals surface area contributed by atoms with E-state index in [1.807, 2.05) is 0 Å². The van der Waals surface area contributed by atoms with Crippen molar-refractivity contribution >= 4 is 11.9 Å². The first-order valence-corrected chi connectivity index (χ1v) is 31.4. The number of esters is 1. The maximum atomic E-state index is 12.5. The summed E-state index contributed by atoms with van der Waals surface area (Å²) in [5.74, 6) is -0.0455. The highest BCUT2D eigenvalue weighted by Crippen LogP contribution is 2.18. The van der Waals surface area contributed by atoms with Gasteiger partial charge >= 0.3 is 5.97 Å². The van der Waals surface area contributed by atoms with Gasteiger partial charge in [-0.25, -0.2) is 0 Å². The zero-order chi connectivity index (χ0) is 50.0. The Morgan fingerprint density at radius 3 is 1.03 bits per heavy atom. The molecule has 0 radical (unpaired) electrons. The van der Waals surface area contributed by atoms with Gasteiger partial charge in [0.05, 0.1) is 25.4 Å². The predicted octanol–water partition coefficient (Wildman–Crippen LogP) is 19.6. The van der Waals surface area contributed by atoms with Crippen molar-refractivity contribution in [2.75, 3.05) is 13.2 Å². The Hall–Kier alpha value is -1.40. The summed E-state index contributed by atoms with van der Waals surface area (Å²) < 4.78 is 5.49. The first kappa shape index (κ1) is 67.6. The first-order chi connectivity index (χ1) is 34.0. The lowest BCUT2D eigenvalue weighted by Crippen LogP contribution is -2.45. The quantitative estimate of drug-likeness (QED) is 0.0321. The minimum absolute atomic E-state index is 0.00379. The van der Waals surface area contributed by atoms with Crippen molar-refractivity contribution < 1.29 is 24.5 Å². The van der Waals surface area contributed by atoms with E-state index < -0.39 is 12.1 Å². The number of carbonyl (C=O) groups is 2. The van der Waals surface area contributed by atoms with Crippen molar-refractivity contribution in [3.8, 4) is 0 Å². The zero-order valence-electron chi connectivity index (χ0n) is 46.8. The summed E-state index contributed by atoms with van der Waals surface area (Å²) >= 11 is 0. The van der Waals surface area contributed by atoms with Gasteiger partial charge in [0, 0.05) is 12.8 Å². The maximum Gasteiger partial charge on any atom is 0.305 e. The van der Waals surface area contributed by atoms with E-state index in [1.165, 1.54) is 270 Å². The maximum absolute atomic E-state index is 12.5. The molecule has 0 spiro atoms. The van der Waals surface area contributed by atoms with Crippen LogP contribution >= 0.6 is 0 Å². The third kappa shape index (κ3) is 55.8.